The van der Waals surface area contributed by atoms with Crippen molar-refractivity contribution >= 4 is 36.6 Å². The molecule has 0 bridgehead atoms. The van der Waals surface area contributed by atoms with Crippen LogP contribution in [0.4, 0.5) is 4.39 Å². The van der Waals surface area contributed by atoms with Crippen molar-refractivity contribution in [2.75, 3.05) is 45.8 Å². The molecule has 28 heavy (non-hydrogen) atoms. The first-order chi connectivity index (χ1) is 12.5. The molecule has 2 unspecified atom stereocenters. The Morgan fingerprint density at radius 1 is 1.18 bits per heavy atom. The number of aliphatic hydroxyl groups excluding tert-OH is 1. The quantitative estimate of drug-likeness (QED) is 0.616. The molecule has 2 heterocycles. The fourth-order valence-corrected chi connectivity index (χ4v) is 3.39. The van der Waals surface area contributed by atoms with Crippen LogP contribution in [-0.4, -0.2) is 84.7 Å². The predicted octanol–water partition coefficient (Wildman–Crippen LogP) is 0.266. The molecule has 2 amide bonds. The van der Waals surface area contributed by atoms with Crippen molar-refractivity contribution < 1.29 is 19.1 Å². The zero-order valence-electron chi connectivity index (χ0n) is 15.5. The lowest BCUT2D eigenvalue weighted by molar-refractivity contribution is -0.135. The third kappa shape index (κ3) is 6.28. The molecule has 3 N–H and O–H groups in total. The van der Waals surface area contributed by atoms with E-state index in [1.165, 1.54) is 12.1 Å². The number of carbonyl (C=O) groups is 2. The molecule has 2 aliphatic rings. The SMILES string of the molecule is Cl.Cl.O=C(NCCN1CCN(C(=O)C2CC(O)CN2)CC1)c1ccccc1F. The van der Waals surface area contributed by atoms with Gasteiger partial charge in [0.2, 0.25) is 5.91 Å². The van der Waals surface area contributed by atoms with Crippen LogP contribution < -0.4 is 10.6 Å². The highest BCUT2D eigenvalue weighted by Gasteiger charge is 2.32. The van der Waals surface area contributed by atoms with Crippen LogP contribution in [0, 0.1) is 5.82 Å². The second-order valence-corrected chi connectivity index (χ2v) is 6.75. The summed E-state index contributed by atoms with van der Waals surface area (Å²) in [4.78, 5) is 28.4. The first-order valence-electron chi connectivity index (χ1n) is 9.00. The van der Waals surface area contributed by atoms with Crippen LogP contribution in [0.3, 0.4) is 0 Å². The fraction of sp³-hybridized carbons (Fsp3) is 0.556. The maximum absolute atomic E-state index is 13.6. The number of nitrogens with zero attached hydrogens (tertiary/aromatic N) is 2. The number of β-amino-alcohol motifs (C(OH)–C–C–N with tert-alkyl or cyclic N) is 1. The molecular formula is C18H27Cl2FN4O3. The van der Waals surface area contributed by atoms with E-state index in [2.05, 4.69) is 15.5 Å². The minimum atomic E-state index is -0.525. The highest BCUT2D eigenvalue weighted by atomic mass is 35.5. The zero-order chi connectivity index (χ0) is 18.5. The van der Waals surface area contributed by atoms with Gasteiger partial charge in [0, 0.05) is 45.8 Å². The van der Waals surface area contributed by atoms with Crippen molar-refractivity contribution in [2.45, 2.75) is 18.6 Å². The summed E-state index contributed by atoms with van der Waals surface area (Å²) >= 11 is 0. The van der Waals surface area contributed by atoms with Gasteiger partial charge in [0.1, 0.15) is 5.82 Å². The molecule has 0 spiro atoms. The molecule has 10 heteroatoms. The van der Waals surface area contributed by atoms with Gasteiger partial charge in [-0.1, -0.05) is 12.1 Å². The standard InChI is InChI=1S/C18H25FN4O3.2ClH/c19-15-4-2-1-3-14(15)17(25)20-5-6-22-7-9-23(10-8-22)18(26)16-11-13(24)12-21-16;;/h1-4,13,16,21,24H,5-12H2,(H,20,25);2*1H. The summed E-state index contributed by atoms with van der Waals surface area (Å²) in [6.07, 6.45) is 0.0320. The number of carbonyl (C=O) groups excluding carboxylic acids is 2. The Morgan fingerprint density at radius 2 is 1.86 bits per heavy atom. The summed E-state index contributed by atoms with van der Waals surface area (Å²) in [6, 6.07) is 5.63. The molecule has 1 aromatic carbocycles. The van der Waals surface area contributed by atoms with E-state index in [1.807, 2.05) is 4.90 Å². The Labute approximate surface area is 176 Å². The normalized spacial score (nSPS) is 22.1. The van der Waals surface area contributed by atoms with Crippen LogP contribution in [-0.2, 0) is 4.79 Å². The van der Waals surface area contributed by atoms with Gasteiger partial charge in [0.05, 0.1) is 17.7 Å². The molecule has 2 saturated heterocycles. The summed E-state index contributed by atoms with van der Waals surface area (Å²) in [6.45, 7) is 4.29. The maximum atomic E-state index is 13.6. The minimum absolute atomic E-state index is 0. The molecule has 0 aromatic heterocycles. The monoisotopic (exact) mass is 436 g/mol. The van der Waals surface area contributed by atoms with Gasteiger partial charge in [-0.05, 0) is 18.6 Å². The van der Waals surface area contributed by atoms with Gasteiger partial charge in [0.25, 0.3) is 5.91 Å². The van der Waals surface area contributed by atoms with Crippen molar-refractivity contribution in [3.63, 3.8) is 0 Å². The molecule has 158 valence electrons. The molecule has 2 fully saturated rings. The van der Waals surface area contributed by atoms with Crippen molar-refractivity contribution in [2.24, 2.45) is 0 Å². The van der Waals surface area contributed by atoms with E-state index in [1.54, 1.807) is 12.1 Å². The molecule has 3 rings (SSSR count). The summed E-state index contributed by atoms with van der Waals surface area (Å²) in [7, 11) is 0. The van der Waals surface area contributed by atoms with Gasteiger partial charge in [-0.2, -0.15) is 0 Å². The van der Waals surface area contributed by atoms with Crippen LogP contribution in [0.2, 0.25) is 0 Å². The van der Waals surface area contributed by atoms with Gasteiger partial charge in [-0.15, -0.1) is 24.8 Å². The van der Waals surface area contributed by atoms with Gasteiger partial charge in [-0.3, -0.25) is 14.5 Å². The largest absolute Gasteiger partial charge is 0.392 e. The van der Waals surface area contributed by atoms with E-state index in [0.717, 1.165) is 13.1 Å². The lowest BCUT2D eigenvalue weighted by Gasteiger charge is -2.35. The zero-order valence-corrected chi connectivity index (χ0v) is 17.1. The van der Waals surface area contributed by atoms with E-state index in [4.69, 9.17) is 0 Å². The van der Waals surface area contributed by atoms with Gasteiger partial charge < -0.3 is 20.6 Å². The van der Waals surface area contributed by atoms with Crippen LogP contribution in [0.15, 0.2) is 24.3 Å². The fourth-order valence-electron chi connectivity index (χ4n) is 3.39. The second kappa shape index (κ2) is 11.5. The first kappa shape index (κ1) is 24.6. The van der Waals surface area contributed by atoms with Crippen molar-refractivity contribution in [3.05, 3.63) is 35.6 Å². The number of hydrogen-bond donors (Lipinski definition) is 3. The molecule has 2 aliphatic heterocycles. The third-order valence-corrected chi connectivity index (χ3v) is 4.92. The molecule has 0 radical (unpaired) electrons. The Bertz CT molecular complexity index is 659. The smallest absolute Gasteiger partial charge is 0.254 e. The summed E-state index contributed by atoms with van der Waals surface area (Å²) in [5.74, 6) is -0.889. The molecule has 1 aromatic rings. The average Bonchev–Trinajstić information content (AvgIpc) is 3.08. The summed E-state index contributed by atoms with van der Waals surface area (Å²) in [5, 5.41) is 15.3. The number of piperazine rings is 1. The number of halogens is 3. The van der Waals surface area contributed by atoms with Gasteiger partial charge in [0.15, 0.2) is 0 Å². The predicted molar refractivity (Wildman–Crippen MR) is 109 cm³/mol. The molecule has 7 nitrogen and oxygen atoms in total. The van der Waals surface area contributed by atoms with Crippen LogP contribution in [0.5, 0.6) is 0 Å². The lowest BCUT2D eigenvalue weighted by atomic mass is 10.1. The van der Waals surface area contributed by atoms with E-state index >= 15 is 0 Å². The Morgan fingerprint density at radius 3 is 2.46 bits per heavy atom. The van der Waals surface area contributed by atoms with Crippen molar-refractivity contribution in [1.82, 2.24) is 20.4 Å². The van der Waals surface area contributed by atoms with Crippen molar-refractivity contribution in [1.29, 1.82) is 0 Å². The Balaban J connectivity index is 0.00000196. The maximum Gasteiger partial charge on any atom is 0.254 e. The summed E-state index contributed by atoms with van der Waals surface area (Å²) in [5.41, 5.74) is 0.0502. The van der Waals surface area contributed by atoms with Crippen LogP contribution in [0.1, 0.15) is 16.8 Å². The number of hydrogen-bond acceptors (Lipinski definition) is 5. The first-order valence-corrected chi connectivity index (χ1v) is 9.00. The van der Waals surface area contributed by atoms with E-state index in [0.29, 0.717) is 39.1 Å². The minimum Gasteiger partial charge on any atom is -0.392 e. The summed E-state index contributed by atoms with van der Waals surface area (Å²) < 4.78 is 13.6. The van der Waals surface area contributed by atoms with E-state index in [-0.39, 0.29) is 42.3 Å². The third-order valence-electron chi connectivity index (χ3n) is 4.92. The topological polar surface area (TPSA) is 84.9 Å². The number of amides is 2. The van der Waals surface area contributed by atoms with E-state index < -0.39 is 17.8 Å². The molecular weight excluding hydrogens is 410 g/mol. The highest BCUT2D eigenvalue weighted by Crippen LogP contribution is 2.12. The van der Waals surface area contributed by atoms with Gasteiger partial charge >= 0.3 is 0 Å². The average molecular weight is 437 g/mol. The number of rotatable bonds is 5. The Hall–Kier alpha value is -1.45. The Kier molecular flexibility index (Phi) is 10.1. The highest BCUT2D eigenvalue weighted by molar-refractivity contribution is 5.94. The number of benzene rings is 1. The number of aliphatic hydroxyl groups is 1. The number of nitrogens with one attached hydrogen (secondary N) is 2. The van der Waals surface area contributed by atoms with Crippen LogP contribution >= 0.6 is 24.8 Å². The van der Waals surface area contributed by atoms with Gasteiger partial charge in [-0.25, -0.2) is 4.39 Å². The van der Waals surface area contributed by atoms with Crippen LogP contribution in [0.25, 0.3) is 0 Å². The van der Waals surface area contributed by atoms with E-state index in [9.17, 15) is 19.1 Å². The molecule has 2 atom stereocenters. The second-order valence-electron chi connectivity index (χ2n) is 6.75. The molecule has 0 saturated carbocycles. The molecule has 0 aliphatic carbocycles. The van der Waals surface area contributed by atoms with Crippen molar-refractivity contribution in [3.8, 4) is 0 Å². The lowest BCUT2D eigenvalue weighted by Crippen LogP contribution is -2.53.